The fraction of sp³-hybridized carbons (Fsp3) is 0.667. The third kappa shape index (κ3) is 5.56. The number of carbonyl (C=O) groups is 2. The van der Waals surface area contributed by atoms with Crippen molar-refractivity contribution in [3.63, 3.8) is 0 Å². The van der Waals surface area contributed by atoms with E-state index in [2.05, 4.69) is 15.2 Å². The second-order valence-electron chi connectivity index (χ2n) is 7.42. The van der Waals surface area contributed by atoms with Crippen LogP contribution in [0.4, 0.5) is 0 Å². The molecule has 2 aliphatic heterocycles. The Morgan fingerprint density at radius 2 is 2.03 bits per heavy atom. The van der Waals surface area contributed by atoms with Gasteiger partial charge in [0.2, 0.25) is 15.9 Å². The first-order chi connectivity index (χ1) is 13.9. The van der Waals surface area contributed by atoms with Crippen LogP contribution in [0.1, 0.15) is 29.8 Å². The molecule has 2 amide bonds. The Balaban J connectivity index is 1.45. The van der Waals surface area contributed by atoms with Crippen LogP contribution < -0.4 is 11.1 Å². The first-order valence-electron chi connectivity index (χ1n) is 9.94. The molecule has 0 radical (unpaired) electrons. The number of hydrogen-bond acceptors (Lipinski definition) is 6. The van der Waals surface area contributed by atoms with E-state index >= 15 is 0 Å². The lowest BCUT2D eigenvalue weighted by Crippen LogP contribution is -2.42. The van der Waals surface area contributed by atoms with Crippen molar-refractivity contribution < 1.29 is 22.7 Å². The number of nitrogens with one attached hydrogen (secondary N) is 2. The zero-order valence-corrected chi connectivity index (χ0v) is 17.2. The number of ether oxygens (including phenoxy) is 1. The number of nitrogens with zero attached hydrogens (tertiary/aromatic N) is 2. The van der Waals surface area contributed by atoms with E-state index in [1.807, 2.05) is 0 Å². The zero-order chi connectivity index (χ0) is 20.9. The molecule has 0 spiro atoms. The molecule has 1 aromatic heterocycles. The van der Waals surface area contributed by atoms with E-state index in [1.54, 1.807) is 0 Å². The minimum absolute atomic E-state index is 0.0790. The van der Waals surface area contributed by atoms with Crippen molar-refractivity contribution in [1.82, 2.24) is 19.5 Å². The van der Waals surface area contributed by atoms with Gasteiger partial charge in [0.15, 0.2) is 0 Å². The summed E-state index contributed by atoms with van der Waals surface area (Å²) in [5.41, 5.74) is 5.60. The van der Waals surface area contributed by atoms with Crippen molar-refractivity contribution in [3.8, 4) is 0 Å². The average molecular weight is 428 g/mol. The number of hydrogen-bond donors (Lipinski definition) is 3. The van der Waals surface area contributed by atoms with Gasteiger partial charge in [0, 0.05) is 32.4 Å². The molecular formula is C18H29N5O5S. The minimum Gasteiger partial charge on any atom is -0.379 e. The summed E-state index contributed by atoms with van der Waals surface area (Å²) in [5, 5.41) is 2.80. The number of nitrogens with two attached hydrogens (primary N) is 1. The summed E-state index contributed by atoms with van der Waals surface area (Å²) in [5.74, 6) is -0.691. The Bertz CT molecular complexity index is 818. The normalized spacial score (nSPS) is 21.7. The minimum atomic E-state index is -3.63. The topological polar surface area (TPSA) is 138 Å². The summed E-state index contributed by atoms with van der Waals surface area (Å²) < 4.78 is 31.8. The smallest absolute Gasteiger partial charge is 0.267 e. The van der Waals surface area contributed by atoms with E-state index in [9.17, 15) is 18.0 Å². The molecule has 0 saturated carbocycles. The fourth-order valence-electron chi connectivity index (χ4n) is 3.68. The van der Waals surface area contributed by atoms with Crippen molar-refractivity contribution in [2.45, 2.75) is 24.2 Å². The molecule has 0 aromatic carbocycles. The van der Waals surface area contributed by atoms with Crippen LogP contribution in [0.25, 0.3) is 0 Å². The monoisotopic (exact) mass is 427 g/mol. The molecule has 162 valence electrons. The summed E-state index contributed by atoms with van der Waals surface area (Å²) >= 11 is 0. The number of sulfonamides is 1. The molecule has 3 rings (SSSR count). The second-order valence-corrected chi connectivity index (χ2v) is 9.36. The molecule has 3 heterocycles. The first kappa shape index (κ1) is 21.8. The lowest BCUT2D eigenvalue weighted by Gasteiger charge is -2.31. The van der Waals surface area contributed by atoms with Gasteiger partial charge in [-0.2, -0.15) is 4.31 Å². The molecule has 0 aliphatic carbocycles. The Morgan fingerprint density at radius 3 is 2.76 bits per heavy atom. The van der Waals surface area contributed by atoms with Crippen LogP contribution in [0, 0.1) is 5.92 Å². The molecular weight excluding hydrogens is 398 g/mol. The summed E-state index contributed by atoms with van der Waals surface area (Å²) in [6.07, 6.45) is 3.86. The maximum Gasteiger partial charge on any atom is 0.267 e. The van der Waals surface area contributed by atoms with Gasteiger partial charge in [0.05, 0.1) is 19.1 Å². The molecule has 29 heavy (non-hydrogen) atoms. The van der Waals surface area contributed by atoms with Gasteiger partial charge in [-0.15, -0.1) is 0 Å². The zero-order valence-electron chi connectivity index (χ0n) is 16.4. The molecule has 2 saturated heterocycles. The van der Waals surface area contributed by atoms with Gasteiger partial charge < -0.3 is 25.7 Å². The summed E-state index contributed by atoms with van der Waals surface area (Å²) in [4.78, 5) is 28.7. The second kappa shape index (κ2) is 9.70. The van der Waals surface area contributed by atoms with E-state index < -0.39 is 10.0 Å². The Labute approximate surface area is 170 Å². The van der Waals surface area contributed by atoms with Crippen molar-refractivity contribution in [3.05, 3.63) is 18.0 Å². The van der Waals surface area contributed by atoms with E-state index in [0.717, 1.165) is 32.4 Å². The van der Waals surface area contributed by atoms with Crippen LogP contribution in [0.3, 0.4) is 0 Å². The molecule has 0 bridgehead atoms. The predicted octanol–water partition coefficient (Wildman–Crippen LogP) is -0.647. The van der Waals surface area contributed by atoms with E-state index in [1.165, 1.54) is 16.6 Å². The SMILES string of the molecule is NC(=O)C1CCCN(CCCNC(=O)c2cc(S(=O)(=O)N3CCOCC3)c[nH]2)C1. The fourth-order valence-corrected chi connectivity index (χ4v) is 5.08. The average Bonchev–Trinajstić information content (AvgIpc) is 3.23. The number of amides is 2. The summed E-state index contributed by atoms with van der Waals surface area (Å²) in [6, 6.07) is 1.36. The van der Waals surface area contributed by atoms with E-state index in [4.69, 9.17) is 10.5 Å². The lowest BCUT2D eigenvalue weighted by molar-refractivity contribution is -0.123. The van der Waals surface area contributed by atoms with E-state index in [-0.39, 0.29) is 28.3 Å². The van der Waals surface area contributed by atoms with Crippen molar-refractivity contribution in [2.75, 3.05) is 52.5 Å². The van der Waals surface area contributed by atoms with Crippen molar-refractivity contribution >= 4 is 21.8 Å². The third-order valence-electron chi connectivity index (χ3n) is 5.35. The quantitative estimate of drug-likeness (QED) is 0.472. The molecule has 10 nitrogen and oxygen atoms in total. The van der Waals surface area contributed by atoms with Crippen LogP contribution >= 0.6 is 0 Å². The maximum absolute atomic E-state index is 12.6. The van der Waals surface area contributed by atoms with Crippen molar-refractivity contribution in [2.24, 2.45) is 11.7 Å². The summed E-state index contributed by atoms with van der Waals surface area (Å²) in [6.45, 7) is 4.18. The van der Waals surface area contributed by atoms with Gasteiger partial charge in [-0.3, -0.25) is 9.59 Å². The first-order valence-corrected chi connectivity index (χ1v) is 11.4. The van der Waals surface area contributed by atoms with Crippen LogP contribution in [0.15, 0.2) is 17.2 Å². The largest absolute Gasteiger partial charge is 0.379 e. The molecule has 11 heteroatoms. The summed E-state index contributed by atoms with van der Waals surface area (Å²) in [7, 11) is -3.63. The van der Waals surface area contributed by atoms with E-state index in [0.29, 0.717) is 39.4 Å². The van der Waals surface area contributed by atoms with Gasteiger partial charge in [-0.25, -0.2) is 8.42 Å². The molecule has 1 unspecified atom stereocenters. The molecule has 1 atom stereocenters. The van der Waals surface area contributed by atoms with Crippen LogP contribution in [0.5, 0.6) is 0 Å². The number of likely N-dealkylation sites (tertiary alicyclic amines) is 1. The Kier molecular flexibility index (Phi) is 7.28. The number of morpholine rings is 1. The number of primary amides is 1. The maximum atomic E-state index is 12.6. The number of aromatic amines is 1. The number of aromatic nitrogens is 1. The highest BCUT2D eigenvalue weighted by atomic mass is 32.2. The van der Waals surface area contributed by atoms with Gasteiger partial charge in [0.1, 0.15) is 10.6 Å². The lowest BCUT2D eigenvalue weighted by atomic mass is 9.97. The number of carbonyl (C=O) groups excluding carboxylic acids is 2. The van der Waals surface area contributed by atoms with Crippen LogP contribution in [-0.4, -0.2) is 86.9 Å². The standard InChI is InChI=1S/C18H29N5O5S/c19-17(24)14-3-1-5-22(13-14)6-2-4-20-18(25)16-11-15(12-21-16)29(26,27)23-7-9-28-10-8-23/h11-12,14,21H,1-10,13H2,(H2,19,24)(H,20,25). The predicted molar refractivity (Wildman–Crippen MR) is 106 cm³/mol. The van der Waals surface area contributed by atoms with Gasteiger partial charge >= 0.3 is 0 Å². The number of rotatable bonds is 8. The number of H-pyrrole nitrogens is 1. The molecule has 2 fully saturated rings. The van der Waals surface area contributed by atoms with Crippen LogP contribution in [0.2, 0.25) is 0 Å². The van der Waals surface area contributed by atoms with Crippen molar-refractivity contribution in [1.29, 1.82) is 0 Å². The molecule has 2 aliphatic rings. The molecule has 1 aromatic rings. The number of piperidine rings is 1. The highest BCUT2D eigenvalue weighted by Crippen LogP contribution is 2.18. The highest BCUT2D eigenvalue weighted by molar-refractivity contribution is 7.89. The van der Waals surface area contributed by atoms with Gasteiger partial charge in [-0.05, 0) is 38.4 Å². The van der Waals surface area contributed by atoms with Gasteiger partial charge in [-0.1, -0.05) is 0 Å². The Morgan fingerprint density at radius 1 is 1.28 bits per heavy atom. The Hall–Kier alpha value is -1.95. The van der Waals surface area contributed by atoms with Gasteiger partial charge in [0.25, 0.3) is 5.91 Å². The van der Waals surface area contributed by atoms with Crippen LogP contribution in [-0.2, 0) is 19.6 Å². The molecule has 4 N–H and O–H groups in total. The third-order valence-corrected chi connectivity index (χ3v) is 7.23. The highest BCUT2D eigenvalue weighted by Gasteiger charge is 2.28.